The molecule has 0 heterocycles. The Morgan fingerprint density at radius 2 is 2.21 bits per heavy atom. The lowest BCUT2D eigenvalue weighted by Crippen LogP contribution is -2.32. The Kier molecular flexibility index (Phi) is 3.66. The van der Waals surface area contributed by atoms with E-state index in [1.54, 1.807) is 11.9 Å². The molecule has 0 fully saturated rings. The number of aryl methyl sites for hydroxylation is 1. The molecule has 1 aromatic carbocycles. The van der Waals surface area contributed by atoms with Crippen LogP contribution in [0.15, 0.2) is 22.7 Å². The molecule has 0 saturated heterocycles. The van der Waals surface area contributed by atoms with Crippen molar-refractivity contribution in [2.75, 3.05) is 18.5 Å². The van der Waals surface area contributed by atoms with Crippen LogP contribution in [-0.2, 0) is 4.79 Å². The topological polar surface area (TPSA) is 46.3 Å². The maximum atomic E-state index is 11.3. The zero-order valence-corrected chi connectivity index (χ0v) is 9.84. The van der Waals surface area contributed by atoms with E-state index in [4.69, 9.17) is 5.73 Å². The van der Waals surface area contributed by atoms with Crippen molar-refractivity contribution < 1.29 is 4.79 Å². The summed E-state index contributed by atoms with van der Waals surface area (Å²) in [5.74, 6) is -0.0876. The van der Waals surface area contributed by atoms with Gasteiger partial charge in [0.25, 0.3) is 0 Å². The van der Waals surface area contributed by atoms with Crippen LogP contribution in [0.1, 0.15) is 5.56 Å². The van der Waals surface area contributed by atoms with Crippen molar-refractivity contribution in [3.63, 3.8) is 0 Å². The van der Waals surface area contributed by atoms with Crippen LogP contribution in [0.2, 0.25) is 0 Å². The quantitative estimate of drug-likeness (QED) is 0.876. The molecule has 4 heteroatoms. The fourth-order valence-electron chi connectivity index (χ4n) is 1.27. The summed E-state index contributed by atoms with van der Waals surface area (Å²) in [4.78, 5) is 12.9. The van der Waals surface area contributed by atoms with Gasteiger partial charge < -0.3 is 10.6 Å². The van der Waals surface area contributed by atoms with Crippen LogP contribution in [0.25, 0.3) is 0 Å². The third-order valence-electron chi connectivity index (χ3n) is 2.07. The number of anilines is 1. The molecule has 0 unspecified atom stereocenters. The van der Waals surface area contributed by atoms with Crippen LogP contribution in [0.5, 0.6) is 0 Å². The molecule has 1 rings (SSSR count). The number of carbonyl (C=O) groups excluding carboxylic acids is 1. The van der Waals surface area contributed by atoms with E-state index < -0.39 is 0 Å². The van der Waals surface area contributed by atoms with E-state index >= 15 is 0 Å². The van der Waals surface area contributed by atoms with Gasteiger partial charge in [-0.3, -0.25) is 4.79 Å². The van der Waals surface area contributed by atoms with E-state index in [0.29, 0.717) is 0 Å². The number of benzene rings is 1. The molecule has 0 aromatic heterocycles. The summed E-state index contributed by atoms with van der Waals surface area (Å²) in [7, 11) is 1.73. The van der Waals surface area contributed by atoms with Crippen LogP contribution in [0.4, 0.5) is 5.69 Å². The highest BCUT2D eigenvalue weighted by molar-refractivity contribution is 9.10. The highest BCUT2D eigenvalue weighted by atomic mass is 79.9. The van der Waals surface area contributed by atoms with Gasteiger partial charge in [0, 0.05) is 17.2 Å². The van der Waals surface area contributed by atoms with Gasteiger partial charge in [0.05, 0.1) is 6.54 Å². The van der Waals surface area contributed by atoms with E-state index in [-0.39, 0.29) is 12.5 Å². The normalized spacial score (nSPS) is 10.0. The SMILES string of the molecule is Cc1cc(Br)ccc1N(C)C(=O)CN. The maximum Gasteiger partial charge on any atom is 0.240 e. The van der Waals surface area contributed by atoms with Crippen LogP contribution >= 0.6 is 15.9 Å². The lowest BCUT2D eigenvalue weighted by atomic mass is 10.2. The fraction of sp³-hybridized carbons (Fsp3) is 0.300. The number of nitrogens with zero attached hydrogens (tertiary/aromatic N) is 1. The number of carbonyl (C=O) groups is 1. The van der Waals surface area contributed by atoms with Crippen LogP contribution in [0.3, 0.4) is 0 Å². The van der Waals surface area contributed by atoms with Crippen molar-refractivity contribution in [1.82, 2.24) is 0 Å². The van der Waals surface area contributed by atoms with E-state index in [0.717, 1.165) is 15.7 Å². The molecular formula is C10H13BrN2O. The zero-order valence-electron chi connectivity index (χ0n) is 8.25. The van der Waals surface area contributed by atoms with Gasteiger partial charge in [-0.25, -0.2) is 0 Å². The van der Waals surface area contributed by atoms with Gasteiger partial charge in [-0.1, -0.05) is 15.9 Å². The fourth-order valence-corrected chi connectivity index (χ4v) is 1.74. The molecule has 0 aliphatic carbocycles. The number of amides is 1. The Morgan fingerprint density at radius 3 is 2.71 bits per heavy atom. The lowest BCUT2D eigenvalue weighted by molar-refractivity contribution is -0.117. The predicted molar refractivity (Wildman–Crippen MR) is 61.3 cm³/mol. The minimum absolute atomic E-state index is 0.0337. The number of rotatable bonds is 2. The molecular weight excluding hydrogens is 244 g/mol. The third kappa shape index (κ3) is 2.33. The molecule has 0 saturated carbocycles. The molecule has 2 N–H and O–H groups in total. The van der Waals surface area contributed by atoms with Crippen molar-refractivity contribution in [2.24, 2.45) is 5.73 Å². The second-order valence-corrected chi connectivity index (χ2v) is 4.00. The summed E-state index contributed by atoms with van der Waals surface area (Å²) < 4.78 is 1.01. The number of likely N-dealkylation sites (N-methyl/N-ethyl adjacent to an activating group) is 1. The van der Waals surface area contributed by atoms with Gasteiger partial charge in [0.2, 0.25) is 5.91 Å². The smallest absolute Gasteiger partial charge is 0.240 e. The van der Waals surface area contributed by atoms with Gasteiger partial charge in [-0.2, -0.15) is 0 Å². The number of hydrogen-bond acceptors (Lipinski definition) is 2. The second-order valence-electron chi connectivity index (χ2n) is 3.09. The van der Waals surface area contributed by atoms with Crippen LogP contribution in [0, 0.1) is 6.92 Å². The maximum absolute atomic E-state index is 11.3. The Hall–Kier alpha value is -0.870. The highest BCUT2D eigenvalue weighted by Gasteiger charge is 2.10. The number of halogens is 1. The summed E-state index contributed by atoms with van der Waals surface area (Å²) in [5.41, 5.74) is 7.23. The highest BCUT2D eigenvalue weighted by Crippen LogP contribution is 2.22. The molecule has 76 valence electrons. The summed E-state index contributed by atoms with van der Waals surface area (Å²) in [6, 6.07) is 5.77. The Labute approximate surface area is 92.0 Å². The molecule has 0 bridgehead atoms. The standard InChI is InChI=1S/C10H13BrN2O/c1-7-5-8(11)3-4-9(7)13(2)10(14)6-12/h3-5H,6,12H2,1-2H3. The van der Waals surface area contributed by atoms with Crippen molar-refractivity contribution in [3.8, 4) is 0 Å². The average Bonchev–Trinajstić information content (AvgIpc) is 2.15. The minimum Gasteiger partial charge on any atom is -0.322 e. The first-order valence-electron chi connectivity index (χ1n) is 4.29. The first-order valence-corrected chi connectivity index (χ1v) is 5.08. The molecule has 1 amide bonds. The average molecular weight is 257 g/mol. The first-order chi connectivity index (χ1) is 6.56. The molecule has 0 aliphatic rings. The summed E-state index contributed by atoms with van der Waals surface area (Å²) >= 11 is 3.37. The van der Waals surface area contributed by atoms with Gasteiger partial charge in [0.1, 0.15) is 0 Å². The van der Waals surface area contributed by atoms with Gasteiger partial charge in [-0.05, 0) is 30.7 Å². The summed E-state index contributed by atoms with van der Waals surface area (Å²) in [6.45, 7) is 1.99. The van der Waals surface area contributed by atoms with E-state index in [9.17, 15) is 4.79 Å². The second kappa shape index (κ2) is 4.57. The minimum atomic E-state index is -0.0876. The van der Waals surface area contributed by atoms with Gasteiger partial charge in [-0.15, -0.1) is 0 Å². The first kappa shape index (κ1) is 11.2. The van der Waals surface area contributed by atoms with E-state index in [1.165, 1.54) is 0 Å². The van der Waals surface area contributed by atoms with E-state index in [1.807, 2.05) is 25.1 Å². The van der Waals surface area contributed by atoms with Gasteiger partial charge in [0.15, 0.2) is 0 Å². The zero-order chi connectivity index (χ0) is 10.7. The Morgan fingerprint density at radius 1 is 1.57 bits per heavy atom. The Bertz CT molecular complexity index is 352. The third-order valence-corrected chi connectivity index (χ3v) is 2.56. The number of nitrogens with two attached hydrogens (primary N) is 1. The summed E-state index contributed by atoms with van der Waals surface area (Å²) in [5, 5.41) is 0. The van der Waals surface area contributed by atoms with E-state index in [2.05, 4.69) is 15.9 Å². The predicted octanol–water partition coefficient (Wildman–Crippen LogP) is 1.68. The molecule has 0 spiro atoms. The largest absolute Gasteiger partial charge is 0.322 e. The van der Waals surface area contributed by atoms with Crippen LogP contribution in [-0.4, -0.2) is 19.5 Å². The molecule has 1 aromatic rings. The molecule has 3 nitrogen and oxygen atoms in total. The summed E-state index contributed by atoms with van der Waals surface area (Å²) in [6.07, 6.45) is 0. The molecule has 0 atom stereocenters. The molecule has 0 radical (unpaired) electrons. The monoisotopic (exact) mass is 256 g/mol. The Balaban J connectivity index is 3.01. The van der Waals surface area contributed by atoms with Gasteiger partial charge >= 0.3 is 0 Å². The molecule has 14 heavy (non-hydrogen) atoms. The lowest BCUT2D eigenvalue weighted by Gasteiger charge is -2.18. The van der Waals surface area contributed by atoms with Crippen LogP contribution < -0.4 is 10.6 Å². The van der Waals surface area contributed by atoms with Crippen molar-refractivity contribution >= 4 is 27.5 Å². The molecule has 0 aliphatic heterocycles. The number of hydrogen-bond donors (Lipinski definition) is 1. The van der Waals surface area contributed by atoms with Crippen molar-refractivity contribution in [1.29, 1.82) is 0 Å². The van der Waals surface area contributed by atoms with Crippen molar-refractivity contribution in [3.05, 3.63) is 28.2 Å². The van der Waals surface area contributed by atoms with Crippen molar-refractivity contribution in [2.45, 2.75) is 6.92 Å².